The molecule has 2 heterocycles. The van der Waals surface area contributed by atoms with Gasteiger partial charge in [0.15, 0.2) is 5.69 Å². The van der Waals surface area contributed by atoms with Crippen LogP contribution in [0, 0.1) is 13.8 Å². The number of hydrogen-bond acceptors (Lipinski definition) is 4. The van der Waals surface area contributed by atoms with Crippen LogP contribution in [0.4, 0.5) is 0 Å². The molecule has 0 bridgehead atoms. The van der Waals surface area contributed by atoms with E-state index in [9.17, 15) is 9.59 Å². The standard InChI is InChI=1S/C19H23N3O3/c1-14-3-5-16(6-4-14)7-8-18(23)21-9-11-22(12-10-21)19(24)17-13-15(2)25-20-17/h3-6,13H,7-12H2,1-2H3. The molecular weight excluding hydrogens is 318 g/mol. The normalized spacial score (nSPS) is 14.6. The Morgan fingerprint density at radius 1 is 1.04 bits per heavy atom. The molecule has 1 aromatic heterocycles. The van der Waals surface area contributed by atoms with Crippen LogP contribution in [-0.4, -0.2) is 52.9 Å². The first-order valence-electron chi connectivity index (χ1n) is 8.59. The molecule has 0 atom stereocenters. The van der Waals surface area contributed by atoms with E-state index in [1.807, 2.05) is 4.90 Å². The largest absolute Gasteiger partial charge is 0.361 e. The number of benzene rings is 1. The SMILES string of the molecule is Cc1ccc(CCC(=O)N2CCN(C(=O)c3cc(C)on3)CC2)cc1. The molecule has 1 fully saturated rings. The summed E-state index contributed by atoms with van der Waals surface area (Å²) in [7, 11) is 0. The third-order valence-electron chi connectivity index (χ3n) is 4.51. The van der Waals surface area contributed by atoms with E-state index in [1.165, 1.54) is 11.1 Å². The molecule has 2 aromatic rings. The molecule has 0 saturated carbocycles. The molecule has 6 nitrogen and oxygen atoms in total. The molecule has 132 valence electrons. The van der Waals surface area contributed by atoms with Gasteiger partial charge in [-0.25, -0.2) is 0 Å². The molecule has 25 heavy (non-hydrogen) atoms. The van der Waals surface area contributed by atoms with Crippen molar-refractivity contribution in [3.05, 3.63) is 52.9 Å². The number of aromatic nitrogens is 1. The highest BCUT2D eigenvalue weighted by Gasteiger charge is 2.26. The minimum Gasteiger partial charge on any atom is -0.361 e. The predicted molar refractivity (Wildman–Crippen MR) is 93.2 cm³/mol. The lowest BCUT2D eigenvalue weighted by atomic mass is 10.1. The summed E-state index contributed by atoms with van der Waals surface area (Å²) in [5.74, 6) is 0.627. The predicted octanol–water partition coefficient (Wildman–Crippen LogP) is 2.21. The molecule has 0 N–H and O–H groups in total. The summed E-state index contributed by atoms with van der Waals surface area (Å²) in [4.78, 5) is 28.3. The van der Waals surface area contributed by atoms with Crippen LogP contribution in [-0.2, 0) is 11.2 Å². The van der Waals surface area contributed by atoms with E-state index >= 15 is 0 Å². The average molecular weight is 341 g/mol. The molecule has 0 aliphatic carbocycles. The van der Waals surface area contributed by atoms with Gasteiger partial charge in [0.2, 0.25) is 5.91 Å². The Bertz CT molecular complexity index is 744. The minimum absolute atomic E-state index is 0.136. The van der Waals surface area contributed by atoms with Crippen molar-refractivity contribution in [2.75, 3.05) is 26.2 Å². The van der Waals surface area contributed by atoms with E-state index in [2.05, 4.69) is 36.3 Å². The van der Waals surface area contributed by atoms with Crippen molar-refractivity contribution in [3.8, 4) is 0 Å². The Morgan fingerprint density at radius 2 is 1.68 bits per heavy atom. The zero-order valence-electron chi connectivity index (χ0n) is 14.7. The number of amides is 2. The summed E-state index contributed by atoms with van der Waals surface area (Å²) in [6.07, 6.45) is 1.25. The van der Waals surface area contributed by atoms with E-state index in [1.54, 1.807) is 17.9 Å². The molecular formula is C19H23N3O3. The maximum atomic E-state index is 12.4. The van der Waals surface area contributed by atoms with Crippen molar-refractivity contribution in [1.82, 2.24) is 15.0 Å². The van der Waals surface area contributed by atoms with Gasteiger partial charge in [0.25, 0.3) is 5.91 Å². The molecule has 1 aliphatic rings. The fraction of sp³-hybridized carbons (Fsp3) is 0.421. The molecule has 6 heteroatoms. The summed E-state index contributed by atoms with van der Waals surface area (Å²) in [6.45, 7) is 6.00. The van der Waals surface area contributed by atoms with Crippen LogP contribution in [0.3, 0.4) is 0 Å². The Kier molecular flexibility index (Phi) is 5.16. The Balaban J connectivity index is 1.47. The van der Waals surface area contributed by atoms with E-state index in [4.69, 9.17) is 4.52 Å². The number of hydrogen-bond donors (Lipinski definition) is 0. The van der Waals surface area contributed by atoms with Crippen molar-refractivity contribution in [2.45, 2.75) is 26.7 Å². The van der Waals surface area contributed by atoms with Crippen molar-refractivity contribution >= 4 is 11.8 Å². The van der Waals surface area contributed by atoms with Crippen molar-refractivity contribution in [2.24, 2.45) is 0 Å². The van der Waals surface area contributed by atoms with Crippen LogP contribution < -0.4 is 0 Å². The van der Waals surface area contributed by atoms with E-state index in [0.29, 0.717) is 44.1 Å². The van der Waals surface area contributed by atoms with Gasteiger partial charge in [0.05, 0.1) is 0 Å². The number of carbonyl (C=O) groups excluding carboxylic acids is 2. The summed E-state index contributed by atoms with van der Waals surface area (Å²) >= 11 is 0. The molecule has 2 amide bonds. The lowest BCUT2D eigenvalue weighted by Gasteiger charge is -2.34. The molecule has 0 spiro atoms. The monoisotopic (exact) mass is 341 g/mol. The summed E-state index contributed by atoms with van der Waals surface area (Å²) < 4.78 is 4.96. The molecule has 0 unspecified atom stereocenters. The molecule has 0 radical (unpaired) electrons. The number of rotatable bonds is 4. The minimum atomic E-state index is -0.136. The average Bonchev–Trinajstić information content (AvgIpc) is 3.07. The van der Waals surface area contributed by atoms with Gasteiger partial charge in [-0.1, -0.05) is 35.0 Å². The molecule has 3 rings (SSSR count). The van der Waals surface area contributed by atoms with Crippen molar-refractivity contribution in [1.29, 1.82) is 0 Å². The van der Waals surface area contributed by atoms with Crippen LogP contribution in [0.1, 0.15) is 33.8 Å². The topological polar surface area (TPSA) is 66.7 Å². The Morgan fingerprint density at radius 3 is 2.28 bits per heavy atom. The third-order valence-corrected chi connectivity index (χ3v) is 4.51. The van der Waals surface area contributed by atoms with Crippen molar-refractivity contribution in [3.63, 3.8) is 0 Å². The highest BCUT2D eigenvalue weighted by Crippen LogP contribution is 2.12. The van der Waals surface area contributed by atoms with Crippen LogP contribution in [0.5, 0.6) is 0 Å². The zero-order chi connectivity index (χ0) is 17.8. The lowest BCUT2D eigenvalue weighted by Crippen LogP contribution is -2.50. The van der Waals surface area contributed by atoms with E-state index in [0.717, 1.165) is 6.42 Å². The smallest absolute Gasteiger partial charge is 0.276 e. The number of aryl methyl sites for hydroxylation is 3. The van der Waals surface area contributed by atoms with Gasteiger partial charge in [-0.05, 0) is 25.8 Å². The van der Waals surface area contributed by atoms with Gasteiger partial charge in [0, 0.05) is 38.7 Å². The van der Waals surface area contributed by atoms with Crippen LogP contribution in [0.15, 0.2) is 34.9 Å². The van der Waals surface area contributed by atoms with E-state index < -0.39 is 0 Å². The number of piperazine rings is 1. The highest BCUT2D eigenvalue weighted by atomic mass is 16.5. The first kappa shape index (κ1) is 17.2. The van der Waals surface area contributed by atoms with Crippen LogP contribution in [0.2, 0.25) is 0 Å². The highest BCUT2D eigenvalue weighted by molar-refractivity contribution is 5.92. The molecule has 1 saturated heterocycles. The number of nitrogens with zero attached hydrogens (tertiary/aromatic N) is 3. The zero-order valence-corrected chi connectivity index (χ0v) is 14.7. The van der Waals surface area contributed by atoms with E-state index in [-0.39, 0.29) is 11.8 Å². The fourth-order valence-electron chi connectivity index (χ4n) is 2.95. The molecule has 1 aromatic carbocycles. The summed E-state index contributed by atoms with van der Waals surface area (Å²) in [6, 6.07) is 9.91. The Labute approximate surface area is 147 Å². The maximum absolute atomic E-state index is 12.4. The van der Waals surface area contributed by atoms with Crippen LogP contribution >= 0.6 is 0 Å². The van der Waals surface area contributed by atoms with Gasteiger partial charge in [0.1, 0.15) is 5.76 Å². The van der Waals surface area contributed by atoms with Gasteiger partial charge in [-0.15, -0.1) is 0 Å². The quantitative estimate of drug-likeness (QED) is 0.855. The van der Waals surface area contributed by atoms with Gasteiger partial charge >= 0.3 is 0 Å². The maximum Gasteiger partial charge on any atom is 0.276 e. The number of carbonyl (C=O) groups is 2. The second-order valence-electron chi connectivity index (χ2n) is 6.48. The van der Waals surface area contributed by atoms with Gasteiger partial charge in [-0.3, -0.25) is 9.59 Å². The fourth-order valence-corrected chi connectivity index (χ4v) is 2.95. The third kappa shape index (κ3) is 4.26. The van der Waals surface area contributed by atoms with Crippen LogP contribution in [0.25, 0.3) is 0 Å². The molecule has 1 aliphatic heterocycles. The van der Waals surface area contributed by atoms with Gasteiger partial charge in [-0.2, -0.15) is 0 Å². The first-order chi connectivity index (χ1) is 12.0. The second-order valence-corrected chi connectivity index (χ2v) is 6.48. The lowest BCUT2D eigenvalue weighted by molar-refractivity contribution is -0.132. The van der Waals surface area contributed by atoms with Gasteiger partial charge < -0.3 is 14.3 Å². The Hall–Kier alpha value is -2.63. The first-order valence-corrected chi connectivity index (χ1v) is 8.59. The summed E-state index contributed by atoms with van der Waals surface area (Å²) in [5, 5.41) is 3.77. The van der Waals surface area contributed by atoms with Crippen molar-refractivity contribution < 1.29 is 14.1 Å². The second kappa shape index (κ2) is 7.51. The summed E-state index contributed by atoms with van der Waals surface area (Å²) in [5.41, 5.74) is 2.73.